The summed E-state index contributed by atoms with van der Waals surface area (Å²) in [5.74, 6) is 3.44. The van der Waals surface area contributed by atoms with E-state index in [9.17, 15) is 0 Å². The Hall–Kier alpha value is -0.380. The third-order valence-corrected chi connectivity index (χ3v) is 4.38. The standard InChI is InChI=1S/C14H21NOS.ClH/c1-3-13(15-8-9-17-11-15)10-12-4-6-14(16-2)7-5-12;/h4-7,13H,3,8-11H2,1-2H3;1H. The summed E-state index contributed by atoms with van der Waals surface area (Å²) in [6.07, 6.45) is 2.38. The zero-order valence-corrected chi connectivity index (χ0v) is 12.7. The molecule has 1 aliphatic heterocycles. The van der Waals surface area contributed by atoms with Crippen LogP contribution in [0.1, 0.15) is 18.9 Å². The van der Waals surface area contributed by atoms with Crippen LogP contribution in [-0.2, 0) is 6.42 Å². The lowest BCUT2D eigenvalue weighted by Crippen LogP contribution is -2.33. The highest BCUT2D eigenvalue weighted by Crippen LogP contribution is 2.21. The molecule has 1 aromatic rings. The summed E-state index contributed by atoms with van der Waals surface area (Å²) in [6, 6.07) is 9.18. The van der Waals surface area contributed by atoms with Gasteiger partial charge in [-0.05, 0) is 30.5 Å². The van der Waals surface area contributed by atoms with Gasteiger partial charge in [-0.3, -0.25) is 4.90 Å². The molecule has 1 aromatic carbocycles. The molecular formula is C14H22ClNOS. The molecular weight excluding hydrogens is 266 g/mol. The van der Waals surface area contributed by atoms with Crippen molar-refractivity contribution in [3.05, 3.63) is 29.8 Å². The van der Waals surface area contributed by atoms with Gasteiger partial charge in [0.05, 0.1) is 7.11 Å². The molecule has 102 valence electrons. The highest BCUT2D eigenvalue weighted by Gasteiger charge is 2.20. The van der Waals surface area contributed by atoms with E-state index in [-0.39, 0.29) is 12.4 Å². The van der Waals surface area contributed by atoms with Gasteiger partial charge in [-0.2, -0.15) is 0 Å². The van der Waals surface area contributed by atoms with Crippen LogP contribution < -0.4 is 4.74 Å². The fraction of sp³-hybridized carbons (Fsp3) is 0.571. The molecule has 0 radical (unpaired) electrons. The minimum absolute atomic E-state index is 0. The lowest BCUT2D eigenvalue weighted by molar-refractivity contribution is 0.247. The van der Waals surface area contributed by atoms with Crippen LogP contribution in [0.4, 0.5) is 0 Å². The van der Waals surface area contributed by atoms with Crippen LogP contribution in [0.2, 0.25) is 0 Å². The van der Waals surface area contributed by atoms with E-state index in [1.54, 1.807) is 7.11 Å². The van der Waals surface area contributed by atoms with Gasteiger partial charge >= 0.3 is 0 Å². The lowest BCUT2D eigenvalue weighted by Gasteiger charge is -2.25. The van der Waals surface area contributed by atoms with Crippen molar-refractivity contribution in [1.29, 1.82) is 0 Å². The minimum atomic E-state index is 0. The quantitative estimate of drug-likeness (QED) is 0.823. The molecule has 0 amide bonds. The van der Waals surface area contributed by atoms with E-state index in [4.69, 9.17) is 4.74 Å². The Bertz CT molecular complexity index is 338. The molecule has 1 unspecified atom stereocenters. The second kappa shape index (κ2) is 7.93. The van der Waals surface area contributed by atoms with Crippen LogP contribution in [0.3, 0.4) is 0 Å². The molecule has 1 saturated heterocycles. The van der Waals surface area contributed by atoms with Gasteiger partial charge in [0.2, 0.25) is 0 Å². The highest BCUT2D eigenvalue weighted by molar-refractivity contribution is 7.99. The molecule has 1 fully saturated rings. The van der Waals surface area contributed by atoms with Gasteiger partial charge < -0.3 is 4.74 Å². The Kier molecular flexibility index (Phi) is 6.90. The molecule has 2 nitrogen and oxygen atoms in total. The number of hydrogen-bond donors (Lipinski definition) is 0. The van der Waals surface area contributed by atoms with Crippen LogP contribution in [0.15, 0.2) is 24.3 Å². The van der Waals surface area contributed by atoms with Crippen molar-refractivity contribution in [1.82, 2.24) is 4.90 Å². The van der Waals surface area contributed by atoms with Gasteiger partial charge in [-0.25, -0.2) is 0 Å². The first-order valence-corrected chi connectivity index (χ1v) is 7.43. The zero-order valence-electron chi connectivity index (χ0n) is 11.1. The fourth-order valence-electron chi connectivity index (χ4n) is 2.28. The molecule has 0 aliphatic carbocycles. The average molecular weight is 288 g/mol. The molecule has 0 bridgehead atoms. The third kappa shape index (κ3) is 4.08. The lowest BCUT2D eigenvalue weighted by atomic mass is 10.0. The topological polar surface area (TPSA) is 12.5 Å². The van der Waals surface area contributed by atoms with Gasteiger partial charge in [0.15, 0.2) is 0 Å². The predicted molar refractivity (Wildman–Crippen MR) is 82.1 cm³/mol. The zero-order chi connectivity index (χ0) is 12.1. The molecule has 18 heavy (non-hydrogen) atoms. The summed E-state index contributed by atoms with van der Waals surface area (Å²) in [5, 5.41) is 0. The van der Waals surface area contributed by atoms with E-state index in [1.165, 1.54) is 30.2 Å². The Morgan fingerprint density at radius 1 is 1.33 bits per heavy atom. The van der Waals surface area contributed by atoms with Crippen LogP contribution in [0, 0.1) is 0 Å². The molecule has 0 saturated carbocycles. The molecule has 1 heterocycles. The third-order valence-electron chi connectivity index (χ3n) is 3.40. The van der Waals surface area contributed by atoms with Crippen molar-refractivity contribution in [3.63, 3.8) is 0 Å². The molecule has 4 heteroatoms. The number of ether oxygens (including phenoxy) is 1. The van der Waals surface area contributed by atoms with E-state index in [0.717, 1.165) is 12.2 Å². The number of rotatable bonds is 5. The summed E-state index contributed by atoms with van der Waals surface area (Å²) in [4.78, 5) is 2.61. The van der Waals surface area contributed by atoms with E-state index < -0.39 is 0 Å². The van der Waals surface area contributed by atoms with Gasteiger partial charge in [-0.1, -0.05) is 19.1 Å². The van der Waals surface area contributed by atoms with Crippen LogP contribution in [-0.4, -0.2) is 36.2 Å². The summed E-state index contributed by atoms with van der Waals surface area (Å²) in [6.45, 7) is 3.54. The van der Waals surface area contributed by atoms with Gasteiger partial charge in [0, 0.05) is 24.2 Å². The Labute approximate surface area is 120 Å². The maximum absolute atomic E-state index is 5.19. The first-order valence-electron chi connectivity index (χ1n) is 6.28. The monoisotopic (exact) mass is 287 g/mol. The minimum Gasteiger partial charge on any atom is -0.497 e. The van der Waals surface area contributed by atoms with E-state index in [1.807, 2.05) is 11.8 Å². The average Bonchev–Trinajstić information content (AvgIpc) is 2.90. The Balaban J connectivity index is 0.00000162. The largest absolute Gasteiger partial charge is 0.497 e. The molecule has 2 rings (SSSR count). The van der Waals surface area contributed by atoms with Crippen molar-refractivity contribution in [3.8, 4) is 5.75 Å². The number of thioether (sulfide) groups is 1. The second-order valence-corrected chi connectivity index (χ2v) is 5.54. The number of benzene rings is 1. The van der Waals surface area contributed by atoms with Crippen molar-refractivity contribution < 1.29 is 4.74 Å². The van der Waals surface area contributed by atoms with Gasteiger partial charge in [-0.15, -0.1) is 24.2 Å². The maximum atomic E-state index is 5.19. The second-order valence-electron chi connectivity index (χ2n) is 4.46. The first kappa shape index (κ1) is 15.7. The molecule has 1 atom stereocenters. The number of nitrogens with zero attached hydrogens (tertiary/aromatic N) is 1. The summed E-state index contributed by atoms with van der Waals surface area (Å²) < 4.78 is 5.19. The molecule has 0 aromatic heterocycles. The normalized spacial score (nSPS) is 17.2. The Morgan fingerprint density at radius 2 is 2.06 bits per heavy atom. The fourth-order valence-corrected chi connectivity index (χ4v) is 3.35. The van der Waals surface area contributed by atoms with E-state index >= 15 is 0 Å². The molecule has 1 aliphatic rings. The first-order chi connectivity index (χ1) is 8.33. The summed E-state index contributed by atoms with van der Waals surface area (Å²) in [5.41, 5.74) is 1.41. The predicted octanol–water partition coefficient (Wildman–Crippen LogP) is 3.44. The van der Waals surface area contributed by atoms with Crippen LogP contribution >= 0.6 is 24.2 Å². The van der Waals surface area contributed by atoms with Gasteiger partial charge in [0.25, 0.3) is 0 Å². The maximum Gasteiger partial charge on any atom is 0.118 e. The van der Waals surface area contributed by atoms with Crippen molar-refractivity contribution in [2.24, 2.45) is 0 Å². The van der Waals surface area contributed by atoms with Gasteiger partial charge in [0.1, 0.15) is 5.75 Å². The van der Waals surface area contributed by atoms with Crippen LogP contribution in [0.5, 0.6) is 5.75 Å². The van der Waals surface area contributed by atoms with Crippen molar-refractivity contribution in [2.45, 2.75) is 25.8 Å². The SMILES string of the molecule is CCC(Cc1ccc(OC)cc1)N1CCSC1.Cl. The van der Waals surface area contributed by atoms with Crippen molar-refractivity contribution in [2.75, 3.05) is 25.3 Å². The molecule has 0 N–H and O–H groups in total. The number of methoxy groups -OCH3 is 1. The molecule has 0 spiro atoms. The summed E-state index contributed by atoms with van der Waals surface area (Å²) >= 11 is 2.05. The Morgan fingerprint density at radius 3 is 2.56 bits per heavy atom. The van der Waals surface area contributed by atoms with E-state index in [2.05, 4.69) is 36.1 Å². The highest BCUT2D eigenvalue weighted by atomic mass is 35.5. The number of hydrogen-bond acceptors (Lipinski definition) is 3. The number of halogens is 1. The summed E-state index contributed by atoms with van der Waals surface area (Å²) in [7, 11) is 1.71. The van der Waals surface area contributed by atoms with Crippen molar-refractivity contribution >= 4 is 24.2 Å². The van der Waals surface area contributed by atoms with E-state index in [0.29, 0.717) is 6.04 Å². The van der Waals surface area contributed by atoms with Crippen LogP contribution in [0.25, 0.3) is 0 Å². The smallest absolute Gasteiger partial charge is 0.118 e.